The number of nitrogens with two attached hydrogens (primary N) is 1. The predicted octanol–water partition coefficient (Wildman–Crippen LogP) is 4.06. The minimum absolute atomic E-state index is 0.478. The van der Waals surface area contributed by atoms with E-state index in [-0.39, 0.29) is 0 Å². The molecular formula is C16H17NS2. The average Bonchev–Trinajstić information content (AvgIpc) is 2.41. The van der Waals surface area contributed by atoms with Crippen molar-refractivity contribution in [2.24, 2.45) is 5.73 Å². The van der Waals surface area contributed by atoms with Gasteiger partial charge in [0.15, 0.2) is 0 Å². The molecule has 0 heterocycles. The van der Waals surface area contributed by atoms with Crippen LogP contribution in [-0.4, -0.2) is 4.99 Å². The van der Waals surface area contributed by atoms with Crippen molar-refractivity contribution in [1.29, 1.82) is 0 Å². The normalized spacial score (nSPS) is 10.4. The van der Waals surface area contributed by atoms with E-state index in [2.05, 4.69) is 37.3 Å². The lowest BCUT2D eigenvalue weighted by Crippen LogP contribution is -2.11. The molecule has 0 radical (unpaired) electrons. The summed E-state index contributed by atoms with van der Waals surface area (Å²) in [6.07, 6.45) is 0. The van der Waals surface area contributed by atoms with Crippen LogP contribution in [0.5, 0.6) is 0 Å². The van der Waals surface area contributed by atoms with Crippen molar-refractivity contribution < 1.29 is 0 Å². The second kappa shape index (κ2) is 6.73. The lowest BCUT2D eigenvalue weighted by Gasteiger charge is -2.08. The second-order valence-electron chi connectivity index (χ2n) is 4.50. The van der Waals surface area contributed by atoms with Gasteiger partial charge in [-0.2, -0.15) is 11.8 Å². The molecule has 0 bridgehead atoms. The van der Waals surface area contributed by atoms with Gasteiger partial charge in [-0.1, -0.05) is 66.3 Å². The van der Waals surface area contributed by atoms with Gasteiger partial charge in [0.2, 0.25) is 0 Å². The smallest absolute Gasteiger partial charge is 0.104 e. The molecule has 0 unspecified atom stereocenters. The topological polar surface area (TPSA) is 26.0 Å². The van der Waals surface area contributed by atoms with E-state index in [4.69, 9.17) is 18.0 Å². The van der Waals surface area contributed by atoms with Gasteiger partial charge in [-0.3, -0.25) is 0 Å². The maximum absolute atomic E-state index is 5.74. The number of thioether (sulfide) groups is 1. The van der Waals surface area contributed by atoms with E-state index in [9.17, 15) is 0 Å². The Labute approximate surface area is 124 Å². The fraction of sp³-hybridized carbons (Fsp3) is 0.188. The first kappa shape index (κ1) is 14.1. The lowest BCUT2D eigenvalue weighted by atomic mass is 10.1. The van der Waals surface area contributed by atoms with E-state index in [1.807, 2.05) is 30.0 Å². The predicted molar refractivity (Wildman–Crippen MR) is 88.5 cm³/mol. The van der Waals surface area contributed by atoms with E-state index < -0.39 is 0 Å². The maximum Gasteiger partial charge on any atom is 0.104 e. The molecule has 0 aliphatic carbocycles. The minimum atomic E-state index is 0.478. The third-order valence-corrected chi connectivity index (χ3v) is 4.20. The molecular weight excluding hydrogens is 270 g/mol. The van der Waals surface area contributed by atoms with Crippen LogP contribution in [0.1, 0.15) is 22.3 Å². The summed E-state index contributed by atoms with van der Waals surface area (Å²) in [5.74, 6) is 1.94. The van der Waals surface area contributed by atoms with E-state index in [0.29, 0.717) is 4.99 Å². The summed E-state index contributed by atoms with van der Waals surface area (Å²) in [4.78, 5) is 0.478. The zero-order chi connectivity index (χ0) is 13.7. The van der Waals surface area contributed by atoms with Gasteiger partial charge >= 0.3 is 0 Å². The molecule has 0 fully saturated rings. The zero-order valence-electron chi connectivity index (χ0n) is 10.9. The van der Waals surface area contributed by atoms with Gasteiger partial charge in [-0.25, -0.2) is 0 Å². The molecule has 0 spiro atoms. The molecule has 0 saturated heterocycles. The van der Waals surface area contributed by atoms with Crippen molar-refractivity contribution in [3.8, 4) is 0 Å². The molecule has 0 aromatic heterocycles. The summed E-state index contributed by atoms with van der Waals surface area (Å²) in [6.45, 7) is 2.11. The third-order valence-electron chi connectivity index (χ3n) is 2.93. The highest BCUT2D eigenvalue weighted by Gasteiger charge is 2.04. The third kappa shape index (κ3) is 4.08. The van der Waals surface area contributed by atoms with Crippen LogP contribution < -0.4 is 5.73 Å². The second-order valence-corrected chi connectivity index (χ2v) is 5.93. The fourth-order valence-electron chi connectivity index (χ4n) is 1.85. The zero-order valence-corrected chi connectivity index (χ0v) is 12.6. The number of benzene rings is 2. The van der Waals surface area contributed by atoms with Crippen molar-refractivity contribution in [2.45, 2.75) is 18.4 Å². The van der Waals surface area contributed by atoms with Crippen molar-refractivity contribution in [1.82, 2.24) is 0 Å². The molecule has 0 amide bonds. The summed E-state index contributed by atoms with van der Waals surface area (Å²) in [5, 5.41) is 0. The molecule has 2 N–H and O–H groups in total. The van der Waals surface area contributed by atoms with E-state index in [1.165, 1.54) is 16.7 Å². The van der Waals surface area contributed by atoms with Crippen molar-refractivity contribution in [3.63, 3.8) is 0 Å². The summed E-state index contributed by atoms with van der Waals surface area (Å²) in [6, 6.07) is 16.8. The van der Waals surface area contributed by atoms with Gasteiger partial charge in [0.1, 0.15) is 4.99 Å². The summed E-state index contributed by atoms with van der Waals surface area (Å²) in [5.41, 5.74) is 10.6. The standard InChI is InChI=1S/C16H17NS2/c1-12-6-8-13(9-7-12)10-19-11-14-4-2-3-5-15(14)16(17)18/h2-9H,10-11H2,1H3,(H2,17,18). The van der Waals surface area contributed by atoms with E-state index in [1.54, 1.807) is 0 Å². The number of aryl methyl sites for hydroxylation is 1. The average molecular weight is 287 g/mol. The summed E-state index contributed by atoms with van der Waals surface area (Å²) >= 11 is 6.96. The molecule has 0 aliphatic rings. The molecule has 0 aliphatic heterocycles. The van der Waals surface area contributed by atoms with E-state index >= 15 is 0 Å². The Balaban J connectivity index is 1.96. The molecule has 3 heteroatoms. The van der Waals surface area contributed by atoms with Crippen LogP contribution in [0.4, 0.5) is 0 Å². The Bertz CT molecular complexity index is 561. The van der Waals surface area contributed by atoms with Gasteiger partial charge in [0.25, 0.3) is 0 Å². The Kier molecular flexibility index (Phi) is 5.00. The van der Waals surface area contributed by atoms with Crippen LogP contribution in [0.3, 0.4) is 0 Å². The largest absolute Gasteiger partial charge is 0.389 e. The number of hydrogen-bond acceptors (Lipinski definition) is 2. The van der Waals surface area contributed by atoms with Gasteiger partial charge in [-0.05, 0) is 18.1 Å². The number of hydrogen-bond donors (Lipinski definition) is 1. The molecule has 2 aromatic rings. The van der Waals surface area contributed by atoms with Crippen LogP contribution >= 0.6 is 24.0 Å². The van der Waals surface area contributed by atoms with Crippen molar-refractivity contribution in [3.05, 3.63) is 70.8 Å². The van der Waals surface area contributed by atoms with Crippen molar-refractivity contribution in [2.75, 3.05) is 0 Å². The van der Waals surface area contributed by atoms with Crippen molar-refractivity contribution >= 4 is 29.0 Å². The van der Waals surface area contributed by atoms with Gasteiger partial charge in [-0.15, -0.1) is 0 Å². The van der Waals surface area contributed by atoms with Crippen LogP contribution in [0, 0.1) is 6.92 Å². The molecule has 19 heavy (non-hydrogen) atoms. The van der Waals surface area contributed by atoms with Gasteiger partial charge in [0.05, 0.1) is 0 Å². The molecule has 1 nitrogen and oxygen atoms in total. The highest BCUT2D eigenvalue weighted by molar-refractivity contribution is 7.97. The van der Waals surface area contributed by atoms with Crippen LogP contribution in [-0.2, 0) is 11.5 Å². The molecule has 0 atom stereocenters. The van der Waals surface area contributed by atoms with Gasteiger partial charge in [0, 0.05) is 17.1 Å². The summed E-state index contributed by atoms with van der Waals surface area (Å²) < 4.78 is 0. The Morgan fingerprint density at radius 1 is 1.05 bits per heavy atom. The van der Waals surface area contributed by atoms with Crippen LogP contribution in [0.2, 0.25) is 0 Å². The molecule has 0 saturated carbocycles. The van der Waals surface area contributed by atoms with Gasteiger partial charge < -0.3 is 5.73 Å². The highest BCUT2D eigenvalue weighted by Crippen LogP contribution is 2.20. The SMILES string of the molecule is Cc1ccc(CSCc2ccccc2C(N)=S)cc1. The highest BCUT2D eigenvalue weighted by atomic mass is 32.2. The quantitative estimate of drug-likeness (QED) is 0.840. The summed E-state index contributed by atoms with van der Waals surface area (Å²) in [7, 11) is 0. The first-order chi connectivity index (χ1) is 9.16. The first-order valence-corrected chi connectivity index (χ1v) is 7.74. The van der Waals surface area contributed by atoms with E-state index in [0.717, 1.165) is 17.1 Å². The van der Waals surface area contributed by atoms with Crippen LogP contribution in [0.25, 0.3) is 0 Å². The Morgan fingerprint density at radius 2 is 1.74 bits per heavy atom. The molecule has 98 valence electrons. The number of rotatable bonds is 5. The molecule has 2 aromatic carbocycles. The Morgan fingerprint density at radius 3 is 2.42 bits per heavy atom. The lowest BCUT2D eigenvalue weighted by molar-refractivity contribution is 1.33. The molecule has 2 rings (SSSR count). The Hall–Kier alpha value is -1.32. The number of thiocarbonyl (C=S) groups is 1. The monoisotopic (exact) mass is 287 g/mol. The minimum Gasteiger partial charge on any atom is -0.389 e. The first-order valence-electron chi connectivity index (χ1n) is 6.18. The fourth-order valence-corrected chi connectivity index (χ4v) is 3.05. The van der Waals surface area contributed by atoms with Crippen LogP contribution in [0.15, 0.2) is 48.5 Å². The maximum atomic E-state index is 5.74.